The van der Waals surface area contributed by atoms with E-state index in [1.807, 2.05) is 0 Å². The molecule has 3 rings (SSSR count). The van der Waals surface area contributed by atoms with Gasteiger partial charge in [-0.1, -0.05) is 31.4 Å². The molecule has 0 bridgehead atoms. The summed E-state index contributed by atoms with van der Waals surface area (Å²) in [6.45, 7) is 0.944. The van der Waals surface area contributed by atoms with Gasteiger partial charge in [-0.25, -0.2) is 0 Å². The Bertz CT molecular complexity index is 442. The molecule has 1 unspecified atom stereocenters. The van der Waals surface area contributed by atoms with Crippen LogP contribution in [0.4, 0.5) is 5.69 Å². The standard InChI is InChI=1S/C17H25NOS/c1-20-16-8-4-3-7-15(16)18-13-14-9-12-17(19-14)10-5-2-6-11-17/h3-4,7-8,14,18H,2,5-6,9-13H2,1H3. The molecule has 3 heteroatoms. The van der Waals surface area contributed by atoms with Crippen molar-refractivity contribution in [3.05, 3.63) is 24.3 Å². The van der Waals surface area contributed by atoms with Crippen LogP contribution < -0.4 is 5.32 Å². The molecule has 1 saturated carbocycles. The van der Waals surface area contributed by atoms with Gasteiger partial charge in [0, 0.05) is 17.1 Å². The Morgan fingerprint density at radius 1 is 1.20 bits per heavy atom. The third-order valence-corrected chi connectivity index (χ3v) is 5.53. The highest BCUT2D eigenvalue weighted by Gasteiger charge is 2.40. The lowest BCUT2D eigenvalue weighted by Gasteiger charge is -2.33. The van der Waals surface area contributed by atoms with Crippen molar-refractivity contribution >= 4 is 17.4 Å². The van der Waals surface area contributed by atoms with Crippen LogP contribution in [0.1, 0.15) is 44.9 Å². The molecule has 1 aliphatic carbocycles. The predicted molar refractivity (Wildman–Crippen MR) is 86.6 cm³/mol. The van der Waals surface area contributed by atoms with Gasteiger partial charge in [0.2, 0.25) is 0 Å². The first kappa shape index (κ1) is 14.3. The lowest BCUT2D eigenvalue weighted by molar-refractivity contribution is -0.0588. The van der Waals surface area contributed by atoms with Crippen LogP contribution in [0.5, 0.6) is 0 Å². The highest BCUT2D eigenvalue weighted by molar-refractivity contribution is 7.98. The maximum atomic E-state index is 6.42. The van der Waals surface area contributed by atoms with Crippen molar-refractivity contribution in [1.29, 1.82) is 0 Å². The minimum atomic E-state index is 0.240. The second kappa shape index (κ2) is 6.40. The van der Waals surface area contributed by atoms with Crippen LogP contribution >= 0.6 is 11.8 Å². The molecule has 2 nitrogen and oxygen atoms in total. The summed E-state index contributed by atoms with van der Waals surface area (Å²) in [7, 11) is 0. The number of benzene rings is 1. The normalized spacial score (nSPS) is 24.9. The number of ether oxygens (including phenoxy) is 1. The molecule has 0 aromatic heterocycles. The zero-order valence-corrected chi connectivity index (χ0v) is 13.2. The highest BCUT2D eigenvalue weighted by Crippen LogP contribution is 2.42. The minimum absolute atomic E-state index is 0.240. The van der Waals surface area contributed by atoms with E-state index in [0.29, 0.717) is 6.10 Å². The van der Waals surface area contributed by atoms with Crippen LogP contribution in [-0.2, 0) is 4.74 Å². The molecule has 0 amide bonds. The van der Waals surface area contributed by atoms with Crippen LogP contribution in [0.15, 0.2) is 29.2 Å². The first-order valence-corrected chi connectivity index (χ1v) is 9.09. The molecule has 1 N–H and O–H groups in total. The van der Waals surface area contributed by atoms with E-state index in [9.17, 15) is 0 Å². The molecular weight excluding hydrogens is 266 g/mol. The number of rotatable bonds is 4. The van der Waals surface area contributed by atoms with Crippen LogP contribution in [0.3, 0.4) is 0 Å². The predicted octanol–water partition coefficient (Wildman–Crippen LogP) is 4.70. The van der Waals surface area contributed by atoms with Crippen molar-refractivity contribution in [2.24, 2.45) is 0 Å². The Hall–Kier alpha value is -0.670. The Balaban J connectivity index is 1.54. The van der Waals surface area contributed by atoms with Gasteiger partial charge in [0.25, 0.3) is 0 Å². The largest absolute Gasteiger partial charge is 0.382 e. The Kier molecular flexibility index (Phi) is 4.57. The van der Waals surface area contributed by atoms with E-state index in [2.05, 4.69) is 35.8 Å². The molecule has 1 aliphatic heterocycles. The first-order valence-electron chi connectivity index (χ1n) is 7.86. The maximum Gasteiger partial charge on any atom is 0.0756 e. The average molecular weight is 291 g/mol. The number of nitrogens with one attached hydrogen (secondary N) is 1. The lowest BCUT2D eigenvalue weighted by Crippen LogP contribution is -2.33. The zero-order chi connectivity index (χ0) is 13.8. The van der Waals surface area contributed by atoms with Gasteiger partial charge in [0.05, 0.1) is 11.7 Å². The average Bonchev–Trinajstić information content (AvgIpc) is 2.89. The van der Waals surface area contributed by atoms with Crippen LogP contribution in [0.25, 0.3) is 0 Å². The maximum absolute atomic E-state index is 6.42. The number of thioether (sulfide) groups is 1. The zero-order valence-electron chi connectivity index (χ0n) is 12.4. The van der Waals surface area contributed by atoms with Crippen molar-refractivity contribution in [1.82, 2.24) is 0 Å². The third kappa shape index (κ3) is 3.15. The number of hydrogen-bond acceptors (Lipinski definition) is 3. The smallest absolute Gasteiger partial charge is 0.0756 e. The lowest BCUT2D eigenvalue weighted by atomic mass is 9.83. The summed E-state index contributed by atoms with van der Waals surface area (Å²) < 4.78 is 6.42. The fourth-order valence-electron chi connectivity index (χ4n) is 3.62. The topological polar surface area (TPSA) is 21.3 Å². The number of para-hydroxylation sites is 1. The van der Waals surface area contributed by atoms with Crippen molar-refractivity contribution in [2.45, 2.75) is 61.5 Å². The Morgan fingerprint density at radius 3 is 2.80 bits per heavy atom. The van der Waals surface area contributed by atoms with Gasteiger partial charge >= 0.3 is 0 Å². The second-order valence-corrected chi connectivity index (χ2v) is 6.95. The summed E-state index contributed by atoms with van der Waals surface area (Å²) in [4.78, 5) is 1.32. The first-order chi connectivity index (χ1) is 9.81. The quantitative estimate of drug-likeness (QED) is 0.812. The van der Waals surface area contributed by atoms with Gasteiger partial charge < -0.3 is 10.1 Å². The van der Waals surface area contributed by atoms with E-state index < -0.39 is 0 Å². The van der Waals surface area contributed by atoms with E-state index in [1.165, 1.54) is 55.5 Å². The van der Waals surface area contributed by atoms with Gasteiger partial charge in [-0.15, -0.1) is 11.8 Å². The summed E-state index contributed by atoms with van der Waals surface area (Å²) in [6, 6.07) is 8.53. The summed E-state index contributed by atoms with van der Waals surface area (Å²) >= 11 is 1.80. The summed E-state index contributed by atoms with van der Waals surface area (Å²) in [5.41, 5.74) is 1.48. The second-order valence-electron chi connectivity index (χ2n) is 6.10. The van der Waals surface area contributed by atoms with E-state index in [4.69, 9.17) is 4.74 Å². The third-order valence-electron chi connectivity index (χ3n) is 4.73. The van der Waals surface area contributed by atoms with Crippen LogP contribution in [0, 0.1) is 0 Å². The van der Waals surface area contributed by atoms with Gasteiger partial charge in [0.15, 0.2) is 0 Å². The number of hydrogen-bond donors (Lipinski definition) is 1. The summed E-state index contributed by atoms with van der Waals surface area (Å²) in [6.07, 6.45) is 11.7. The van der Waals surface area contributed by atoms with Crippen molar-refractivity contribution in [3.8, 4) is 0 Å². The van der Waals surface area contributed by atoms with E-state index in [0.717, 1.165) is 6.54 Å². The van der Waals surface area contributed by atoms with E-state index in [1.54, 1.807) is 11.8 Å². The van der Waals surface area contributed by atoms with E-state index >= 15 is 0 Å². The molecule has 1 aromatic carbocycles. The van der Waals surface area contributed by atoms with Gasteiger partial charge in [-0.3, -0.25) is 0 Å². The molecule has 1 saturated heterocycles. The molecule has 0 radical (unpaired) electrons. The van der Waals surface area contributed by atoms with Crippen LogP contribution in [0.2, 0.25) is 0 Å². The fourth-order valence-corrected chi connectivity index (χ4v) is 4.19. The van der Waals surface area contributed by atoms with Crippen molar-refractivity contribution in [3.63, 3.8) is 0 Å². The van der Waals surface area contributed by atoms with Gasteiger partial charge in [-0.05, 0) is 44.1 Å². The number of anilines is 1. The molecule has 1 heterocycles. The molecule has 1 atom stereocenters. The van der Waals surface area contributed by atoms with Crippen molar-refractivity contribution < 1.29 is 4.74 Å². The Labute approximate surface area is 126 Å². The summed E-state index contributed by atoms with van der Waals surface area (Å²) in [5, 5.41) is 3.58. The minimum Gasteiger partial charge on any atom is -0.382 e. The molecule has 2 aliphatic rings. The van der Waals surface area contributed by atoms with E-state index in [-0.39, 0.29) is 5.60 Å². The highest BCUT2D eigenvalue weighted by atomic mass is 32.2. The molecule has 2 fully saturated rings. The SMILES string of the molecule is CSc1ccccc1NCC1CCC2(CCCCC2)O1. The molecule has 1 spiro atoms. The fraction of sp³-hybridized carbons (Fsp3) is 0.647. The molecule has 1 aromatic rings. The summed E-state index contributed by atoms with van der Waals surface area (Å²) in [5.74, 6) is 0. The molecule has 20 heavy (non-hydrogen) atoms. The van der Waals surface area contributed by atoms with Gasteiger partial charge in [-0.2, -0.15) is 0 Å². The molecular formula is C17H25NOS. The monoisotopic (exact) mass is 291 g/mol. The Morgan fingerprint density at radius 2 is 2.00 bits per heavy atom. The van der Waals surface area contributed by atoms with Crippen molar-refractivity contribution in [2.75, 3.05) is 18.1 Å². The van der Waals surface area contributed by atoms with Crippen LogP contribution in [-0.4, -0.2) is 24.5 Å². The molecule has 110 valence electrons. The van der Waals surface area contributed by atoms with Gasteiger partial charge in [0.1, 0.15) is 0 Å².